The first kappa shape index (κ1) is 32.0. The summed E-state index contributed by atoms with van der Waals surface area (Å²) in [6, 6.07) is 0. The summed E-state index contributed by atoms with van der Waals surface area (Å²) in [6.07, 6.45) is 4.91. The molecule has 0 rings (SSSR count). The molecule has 35 heavy (non-hydrogen) atoms. The second-order valence-electron chi connectivity index (χ2n) is 9.33. The van der Waals surface area contributed by atoms with E-state index in [1.807, 2.05) is 20.8 Å². The van der Waals surface area contributed by atoms with Gasteiger partial charge in [-0.2, -0.15) is 0 Å². The van der Waals surface area contributed by atoms with Crippen molar-refractivity contribution in [2.45, 2.75) is 77.4 Å². The van der Waals surface area contributed by atoms with Crippen molar-refractivity contribution in [1.82, 2.24) is 10.2 Å². The van der Waals surface area contributed by atoms with Crippen LogP contribution in [0, 0.1) is 0 Å². The lowest BCUT2D eigenvalue weighted by atomic mass is 9.99. The lowest BCUT2D eigenvalue weighted by molar-refractivity contribution is -0.140. The average molecular weight is 499 g/mol. The van der Waals surface area contributed by atoms with Crippen molar-refractivity contribution in [3.8, 4) is 0 Å². The number of alkyl carbamates (subject to hydrolysis) is 1. The minimum absolute atomic E-state index is 0.0157. The van der Waals surface area contributed by atoms with E-state index in [9.17, 15) is 19.2 Å². The molecule has 0 fully saturated rings. The van der Waals surface area contributed by atoms with E-state index < -0.39 is 29.2 Å². The Balaban J connectivity index is 4.34. The maximum absolute atomic E-state index is 12.3. The Bertz CT molecular complexity index is 689. The van der Waals surface area contributed by atoms with Crippen molar-refractivity contribution in [2.24, 2.45) is 0 Å². The highest BCUT2D eigenvalue weighted by atomic mass is 16.6. The van der Waals surface area contributed by atoms with E-state index in [4.69, 9.17) is 18.9 Å². The predicted molar refractivity (Wildman–Crippen MR) is 132 cm³/mol. The summed E-state index contributed by atoms with van der Waals surface area (Å²) in [5.41, 5.74) is -1.53. The molecule has 0 aliphatic rings. The maximum Gasteiger partial charge on any atom is 0.410 e. The Labute approximate surface area is 209 Å². The molecule has 2 amide bonds. The van der Waals surface area contributed by atoms with Crippen molar-refractivity contribution in [1.29, 1.82) is 0 Å². The first-order valence-corrected chi connectivity index (χ1v) is 11.8. The number of ether oxygens (including phenoxy) is 4. The SMILES string of the molecule is C=CC(=O)OCCC(C)(CCOC(=O)C=C)OC(=O)NCCCCCCN(C)C(=O)OC(C)(C)C. The predicted octanol–water partition coefficient (Wildman–Crippen LogP) is 4.14. The van der Waals surface area contributed by atoms with E-state index >= 15 is 0 Å². The molecule has 0 spiro atoms. The van der Waals surface area contributed by atoms with Crippen LogP contribution < -0.4 is 5.32 Å². The minimum Gasteiger partial charge on any atom is -0.462 e. The number of hydrogen-bond donors (Lipinski definition) is 1. The second kappa shape index (κ2) is 16.6. The smallest absolute Gasteiger partial charge is 0.410 e. The van der Waals surface area contributed by atoms with Gasteiger partial charge in [0.1, 0.15) is 11.2 Å². The molecule has 0 bridgehead atoms. The van der Waals surface area contributed by atoms with Gasteiger partial charge in [0.25, 0.3) is 0 Å². The number of nitrogens with one attached hydrogen (secondary N) is 1. The number of carbonyl (C=O) groups is 4. The molecule has 10 heteroatoms. The molecule has 0 aromatic heterocycles. The first-order valence-electron chi connectivity index (χ1n) is 11.8. The van der Waals surface area contributed by atoms with Gasteiger partial charge in [-0.15, -0.1) is 0 Å². The van der Waals surface area contributed by atoms with E-state index in [2.05, 4.69) is 18.5 Å². The number of hydrogen-bond acceptors (Lipinski definition) is 8. The van der Waals surface area contributed by atoms with Gasteiger partial charge in [0.15, 0.2) is 0 Å². The zero-order valence-corrected chi connectivity index (χ0v) is 21.9. The van der Waals surface area contributed by atoms with Gasteiger partial charge in [0, 0.05) is 45.1 Å². The Morgan fingerprint density at radius 3 is 1.83 bits per heavy atom. The van der Waals surface area contributed by atoms with Crippen LogP contribution in [0.25, 0.3) is 0 Å². The number of unbranched alkanes of at least 4 members (excludes halogenated alkanes) is 3. The van der Waals surface area contributed by atoms with Crippen LogP contribution in [-0.2, 0) is 28.5 Å². The fourth-order valence-corrected chi connectivity index (χ4v) is 2.79. The summed E-state index contributed by atoms with van der Waals surface area (Å²) in [5, 5.41) is 2.71. The number of carbonyl (C=O) groups excluding carboxylic acids is 4. The molecule has 1 N–H and O–H groups in total. The molecule has 0 aromatic carbocycles. The third kappa shape index (κ3) is 17.1. The zero-order valence-electron chi connectivity index (χ0n) is 21.9. The summed E-state index contributed by atoms with van der Waals surface area (Å²) in [7, 11) is 1.71. The summed E-state index contributed by atoms with van der Waals surface area (Å²) in [5.74, 6) is -1.15. The Kier molecular flexibility index (Phi) is 15.1. The highest BCUT2D eigenvalue weighted by Gasteiger charge is 2.29. The molecule has 0 atom stereocenters. The summed E-state index contributed by atoms with van der Waals surface area (Å²) >= 11 is 0. The summed E-state index contributed by atoms with van der Waals surface area (Å²) < 4.78 is 20.8. The van der Waals surface area contributed by atoms with E-state index in [-0.39, 0.29) is 32.1 Å². The molecule has 0 radical (unpaired) electrons. The normalized spacial score (nSPS) is 11.1. The Morgan fingerprint density at radius 2 is 1.34 bits per heavy atom. The van der Waals surface area contributed by atoms with Crippen molar-refractivity contribution < 1.29 is 38.1 Å². The lowest BCUT2D eigenvalue weighted by Gasteiger charge is -2.29. The summed E-state index contributed by atoms with van der Waals surface area (Å²) in [4.78, 5) is 48.3. The molecule has 0 saturated heterocycles. The van der Waals surface area contributed by atoms with E-state index in [0.717, 1.165) is 37.8 Å². The van der Waals surface area contributed by atoms with Crippen molar-refractivity contribution in [2.75, 3.05) is 33.4 Å². The topological polar surface area (TPSA) is 120 Å². The van der Waals surface area contributed by atoms with Crippen LogP contribution in [0.15, 0.2) is 25.3 Å². The standard InChI is InChI=1S/C25H42N2O8/c1-8-20(28)32-18-14-25(6,15-19-33-21(29)9-2)34-22(30)26-16-12-10-11-13-17-27(7)23(31)35-24(3,4)5/h8-9H,1-2,10-19H2,3-7H3,(H,26,30). The van der Waals surface area contributed by atoms with E-state index in [1.54, 1.807) is 18.9 Å². The van der Waals surface area contributed by atoms with Gasteiger partial charge in [-0.3, -0.25) is 0 Å². The number of esters is 2. The Hall–Kier alpha value is -3.04. The molecular formula is C25H42N2O8. The number of amides is 2. The van der Waals surface area contributed by atoms with Crippen LogP contribution >= 0.6 is 0 Å². The van der Waals surface area contributed by atoms with Crippen LogP contribution in [0.3, 0.4) is 0 Å². The summed E-state index contributed by atoms with van der Waals surface area (Å²) in [6.45, 7) is 14.9. The molecular weight excluding hydrogens is 456 g/mol. The van der Waals surface area contributed by atoms with Crippen LogP contribution in [0.1, 0.15) is 66.2 Å². The molecule has 0 aliphatic carbocycles. The molecule has 0 saturated carbocycles. The largest absolute Gasteiger partial charge is 0.462 e. The van der Waals surface area contributed by atoms with Gasteiger partial charge < -0.3 is 29.2 Å². The van der Waals surface area contributed by atoms with Gasteiger partial charge in [0.05, 0.1) is 13.2 Å². The molecule has 200 valence electrons. The lowest BCUT2D eigenvalue weighted by Crippen LogP contribution is -2.39. The highest BCUT2D eigenvalue weighted by molar-refractivity contribution is 5.81. The Morgan fingerprint density at radius 1 is 0.829 bits per heavy atom. The van der Waals surface area contributed by atoms with Crippen LogP contribution in [-0.4, -0.2) is 73.6 Å². The molecule has 0 aliphatic heterocycles. The fourth-order valence-electron chi connectivity index (χ4n) is 2.79. The molecule has 0 unspecified atom stereocenters. The zero-order chi connectivity index (χ0) is 26.9. The van der Waals surface area contributed by atoms with Gasteiger partial charge in [-0.1, -0.05) is 26.0 Å². The highest BCUT2D eigenvalue weighted by Crippen LogP contribution is 2.21. The average Bonchev–Trinajstić information content (AvgIpc) is 2.76. The van der Waals surface area contributed by atoms with Crippen LogP contribution in [0.2, 0.25) is 0 Å². The maximum atomic E-state index is 12.3. The molecule has 10 nitrogen and oxygen atoms in total. The minimum atomic E-state index is -1.01. The van der Waals surface area contributed by atoms with Crippen LogP contribution in [0.4, 0.5) is 9.59 Å². The van der Waals surface area contributed by atoms with E-state index in [0.29, 0.717) is 13.1 Å². The van der Waals surface area contributed by atoms with Gasteiger partial charge >= 0.3 is 24.1 Å². The van der Waals surface area contributed by atoms with Crippen molar-refractivity contribution in [3.05, 3.63) is 25.3 Å². The van der Waals surface area contributed by atoms with Crippen molar-refractivity contribution >= 4 is 24.1 Å². The third-order valence-electron chi connectivity index (χ3n) is 4.82. The van der Waals surface area contributed by atoms with Gasteiger partial charge in [-0.25, -0.2) is 19.2 Å². The molecule has 0 heterocycles. The monoisotopic (exact) mass is 498 g/mol. The quantitative estimate of drug-likeness (QED) is 0.146. The fraction of sp³-hybridized carbons (Fsp3) is 0.680. The third-order valence-corrected chi connectivity index (χ3v) is 4.82. The van der Waals surface area contributed by atoms with Crippen molar-refractivity contribution in [3.63, 3.8) is 0 Å². The van der Waals surface area contributed by atoms with Gasteiger partial charge in [-0.05, 0) is 40.5 Å². The number of rotatable bonds is 16. The second-order valence-corrected chi connectivity index (χ2v) is 9.33. The number of nitrogens with zero attached hydrogens (tertiary/aromatic N) is 1. The first-order chi connectivity index (χ1) is 16.3. The van der Waals surface area contributed by atoms with Gasteiger partial charge in [0.2, 0.25) is 0 Å². The molecule has 0 aromatic rings. The van der Waals surface area contributed by atoms with Crippen LogP contribution in [0.5, 0.6) is 0 Å². The van der Waals surface area contributed by atoms with E-state index in [1.165, 1.54) is 0 Å².